The van der Waals surface area contributed by atoms with Crippen molar-refractivity contribution >= 4 is 123 Å². The van der Waals surface area contributed by atoms with E-state index in [0.29, 0.717) is 0 Å². The van der Waals surface area contributed by atoms with Crippen LogP contribution in [0.4, 0.5) is 0 Å². The Balaban J connectivity index is -0.00000000222. The fourth-order valence-electron chi connectivity index (χ4n) is 0. The molecule has 0 saturated carbocycles. The van der Waals surface area contributed by atoms with E-state index < -0.39 is 5.97 Å². The summed E-state index contributed by atoms with van der Waals surface area (Å²) < 4.78 is 0. The summed E-state index contributed by atoms with van der Waals surface area (Å²) in [5, 5.41) is 7.60. The smallest absolute Gasteiger partial charge is 0.317 e. The molecule has 0 atom stereocenters. The van der Waals surface area contributed by atoms with Gasteiger partial charge in [-0.1, -0.05) is 0 Å². The SMILES string of the molecule is Cl.Cl.Cl.Cl.Cl.Cl.Cl.Cl.NCC(=O)O.[AlH3]. The molecule has 0 aliphatic carbocycles. The third kappa shape index (κ3) is 137. The molecule has 0 saturated heterocycles. The van der Waals surface area contributed by atoms with Crippen molar-refractivity contribution in [2.24, 2.45) is 5.73 Å². The van der Waals surface area contributed by atoms with E-state index in [1.807, 2.05) is 0 Å². The summed E-state index contributed by atoms with van der Waals surface area (Å²) in [6.07, 6.45) is 0. The van der Waals surface area contributed by atoms with Gasteiger partial charge < -0.3 is 10.8 Å². The Morgan fingerprint density at radius 1 is 0.857 bits per heavy atom. The van der Waals surface area contributed by atoms with Crippen molar-refractivity contribution in [3.63, 3.8) is 0 Å². The maximum atomic E-state index is 9.24. The molecule has 14 heavy (non-hydrogen) atoms. The first-order chi connectivity index (χ1) is 2.27. The molecule has 0 fully saturated rings. The number of halogens is 8. The fraction of sp³-hybridized carbons (Fsp3) is 0.500. The number of carboxylic acids is 1. The number of carboxylic acid groups (broad SMARTS) is 1. The maximum Gasteiger partial charge on any atom is 0.317 e. The minimum Gasteiger partial charge on any atom is -0.480 e. The van der Waals surface area contributed by atoms with Crippen LogP contribution in [-0.2, 0) is 4.79 Å². The van der Waals surface area contributed by atoms with Crippen molar-refractivity contribution in [1.29, 1.82) is 0 Å². The molecule has 3 nitrogen and oxygen atoms in total. The summed E-state index contributed by atoms with van der Waals surface area (Å²) in [5.74, 6) is -0.968. The Bertz CT molecular complexity index is 60.6. The second kappa shape index (κ2) is 79.0. The van der Waals surface area contributed by atoms with Crippen LogP contribution in [0.1, 0.15) is 0 Å². The molecule has 0 aliphatic heterocycles. The van der Waals surface area contributed by atoms with E-state index in [9.17, 15) is 4.79 Å². The molecule has 12 heteroatoms. The van der Waals surface area contributed by atoms with Gasteiger partial charge in [0.05, 0.1) is 6.54 Å². The quantitative estimate of drug-likeness (QED) is 0.655. The number of aliphatic carboxylic acids is 1. The Labute approximate surface area is 143 Å². The molecule has 0 aliphatic rings. The zero-order valence-electron chi connectivity index (χ0n) is 5.91. The maximum absolute atomic E-state index is 9.24. The van der Waals surface area contributed by atoms with Gasteiger partial charge in [-0.2, -0.15) is 0 Å². The highest BCUT2D eigenvalue weighted by Crippen LogP contribution is 1.43. The highest BCUT2D eigenvalue weighted by atomic mass is 35.5. The molecule has 100 valence electrons. The largest absolute Gasteiger partial charge is 0.480 e. The lowest BCUT2D eigenvalue weighted by atomic mass is 10.7. The molecular formula is C2H16AlCl8NO2. The first-order valence-corrected chi connectivity index (χ1v) is 1.19. The molecule has 0 unspecified atom stereocenters. The average molecular weight is 397 g/mol. The monoisotopic (exact) mass is 393 g/mol. The topological polar surface area (TPSA) is 63.3 Å². The van der Waals surface area contributed by atoms with E-state index >= 15 is 0 Å². The molecule has 0 bridgehead atoms. The lowest BCUT2D eigenvalue weighted by Gasteiger charge is -1.73. The molecule has 3 N–H and O–H groups in total. The first-order valence-electron chi connectivity index (χ1n) is 1.19. The summed E-state index contributed by atoms with van der Waals surface area (Å²) in [7, 11) is 0. The van der Waals surface area contributed by atoms with Crippen LogP contribution < -0.4 is 5.73 Å². The minimum atomic E-state index is -0.968. The van der Waals surface area contributed by atoms with Gasteiger partial charge in [0.25, 0.3) is 0 Å². The van der Waals surface area contributed by atoms with Gasteiger partial charge in [-0.15, -0.1) is 99.3 Å². The molecule has 0 aromatic heterocycles. The first kappa shape index (κ1) is 96.3. The zero-order chi connectivity index (χ0) is 4.28. The van der Waals surface area contributed by atoms with Crippen LogP contribution in [0.2, 0.25) is 0 Å². The zero-order valence-corrected chi connectivity index (χ0v) is 12.4. The molecule has 0 aromatic rings. The fourth-order valence-corrected chi connectivity index (χ4v) is 0. The van der Waals surface area contributed by atoms with Gasteiger partial charge in [-0.25, -0.2) is 0 Å². The second-order valence-corrected chi connectivity index (χ2v) is 0.598. The summed E-state index contributed by atoms with van der Waals surface area (Å²) in [5.41, 5.74) is 4.57. The molecule has 0 heterocycles. The highest BCUT2D eigenvalue weighted by Gasteiger charge is 1.81. The van der Waals surface area contributed by atoms with Crippen molar-refractivity contribution in [3.05, 3.63) is 0 Å². The normalized spacial score (nSPS) is 2.64. The molecule has 0 spiro atoms. The second-order valence-electron chi connectivity index (χ2n) is 0.598. The predicted molar refractivity (Wildman–Crippen MR) is 84.6 cm³/mol. The van der Waals surface area contributed by atoms with Crippen LogP contribution in [0.25, 0.3) is 0 Å². The Kier molecular flexibility index (Phi) is 544. The molecule has 0 aromatic carbocycles. The third-order valence-electron chi connectivity index (χ3n) is 0.175. The van der Waals surface area contributed by atoms with Crippen molar-refractivity contribution in [2.45, 2.75) is 0 Å². The van der Waals surface area contributed by atoms with Crippen LogP contribution >= 0.6 is 99.3 Å². The highest BCUT2D eigenvalue weighted by molar-refractivity contribution is 5.86. The Morgan fingerprint density at radius 2 is 0.929 bits per heavy atom. The van der Waals surface area contributed by atoms with Crippen LogP contribution in [-0.4, -0.2) is 35.0 Å². The van der Waals surface area contributed by atoms with Crippen molar-refractivity contribution in [3.8, 4) is 0 Å². The van der Waals surface area contributed by atoms with Gasteiger partial charge >= 0.3 is 5.97 Å². The third-order valence-corrected chi connectivity index (χ3v) is 0.175. The van der Waals surface area contributed by atoms with Crippen molar-refractivity contribution < 1.29 is 9.90 Å². The number of rotatable bonds is 1. The Hall–Kier alpha value is 2.28. The van der Waals surface area contributed by atoms with E-state index in [4.69, 9.17) is 5.11 Å². The predicted octanol–water partition coefficient (Wildman–Crippen LogP) is 1.22. The average Bonchev–Trinajstić information content (AvgIpc) is 1.38. The van der Waals surface area contributed by atoms with Crippen LogP contribution in [0, 0.1) is 0 Å². The summed E-state index contributed by atoms with van der Waals surface area (Å²) in [6, 6.07) is 0. The number of hydrogen-bond donors (Lipinski definition) is 2. The molecule has 0 amide bonds. The summed E-state index contributed by atoms with van der Waals surface area (Å²) >= 11 is 0. The van der Waals surface area contributed by atoms with Gasteiger partial charge in [0.1, 0.15) is 0 Å². The summed E-state index contributed by atoms with van der Waals surface area (Å²) in [4.78, 5) is 9.24. The lowest BCUT2D eigenvalue weighted by molar-refractivity contribution is -0.135. The van der Waals surface area contributed by atoms with E-state index in [0.717, 1.165) is 0 Å². The molecule has 0 rings (SSSR count). The van der Waals surface area contributed by atoms with E-state index in [-0.39, 0.29) is 123 Å². The van der Waals surface area contributed by atoms with Gasteiger partial charge in [-0.3, -0.25) is 4.79 Å². The standard InChI is InChI=1S/C2H5NO2.Al.8ClH.3H/c3-1-2(4)5;;;;;;;;;;;;/h1,3H2,(H,4,5);;8*1H;;;. The van der Waals surface area contributed by atoms with Crippen molar-refractivity contribution in [2.75, 3.05) is 6.54 Å². The number of carbonyl (C=O) groups is 1. The van der Waals surface area contributed by atoms with Crippen molar-refractivity contribution in [1.82, 2.24) is 0 Å². The molecular weight excluding hydrogens is 381 g/mol. The number of hydrogen-bond acceptors (Lipinski definition) is 2. The molecule has 0 radical (unpaired) electrons. The minimum absolute atomic E-state index is 0. The number of nitrogens with two attached hydrogens (primary N) is 1. The van der Waals surface area contributed by atoms with Gasteiger partial charge in [0, 0.05) is 0 Å². The summed E-state index contributed by atoms with van der Waals surface area (Å²) in [6.45, 7) is -0.278. The van der Waals surface area contributed by atoms with E-state index in [1.54, 1.807) is 0 Å². The van der Waals surface area contributed by atoms with Gasteiger partial charge in [-0.05, 0) is 0 Å². The van der Waals surface area contributed by atoms with Crippen LogP contribution in [0.3, 0.4) is 0 Å². The Morgan fingerprint density at radius 3 is 0.929 bits per heavy atom. The van der Waals surface area contributed by atoms with Crippen LogP contribution in [0.15, 0.2) is 0 Å². The van der Waals surface area contributed by atoms with Gasteiger partial charge in [0.2, 0.25) is 0 Å². The lowest BCUT2D eigenvalue weighted by Crippen LogP contribution is -2.10. The van der Waals surface area contributed by atoms with E-state index in [2.05, 4.69) is 5.73 Å². The van der Waals surface area contributed by atoms with E-state index in [1.165, 1.54) is 0 Å². The van der Waals surface area contributed by atoms with Gasteiger partial charge in [0.15, 0.2) is 17.4 Å². The van der Waals surface area contributed by atoms with Crippen LogP contribution in [0.5, 0.6) is 0 Å².